The maximum atomic E-state index is 13.2. The number of aromatic hydroxyl groups is 1. The summed E-state index contributed by atoms with van der Waals surface area (Å²) in [7, 11) is 0. The average Bonchev–Trinajstić information content (AvgIpc) is 3.50. The Morgan fingerprint density at radius 3 is 2.67 bits per heavy atom. The standard InChI is InChI=1S/C21H13N3O5S/c25-13-8-7-11-4-1-2-5-12(11)15(13)17-16(18(26)14-6-3-9-29-14)19(27)20(28)24(17)21-23-22-10-30-21/h1-10,17,25,27H. The van der Waals surface area contributed by atoms with Crippen LogP contribution < -0.4 is 4.90 Å². The van der Waals surface area contributed by atoms with Gasteiger partial charge in [-0.1, -0.05) is 41.7 Å². The first-order chi connectivity index (χ1) is 14.6. The van der Waals surface area contributed by atoms with Gasteiger partial charge in [-0.05, 0) is 29.0 Å². The topological polar surface area (TPSA) is 117 Å². The number of hydrogen-bond donors (Lipinski definition) is 2. The van der Waals surface area contributed by atoms with Gasteiger partial charge in [0.25, 0.3) is 5.91 Å². The number of aliphatic hydroxyl groups excluding tert-OH is 1. The van der Waals surface area contributed by atoms with E-state index in [1.54, 1.807) is 18.2 Å². The number of anilines is 1. The highest BCUT2D eigenvalue weighted by molar-refractivity contribution is 7.13. The van der Waals surface area contributed by atoms with E-state index in [1.807, 2.05) is 12.1 Å². The van der Waals surface area contributed by atoms with Crippen LogP contribution >= 0.6 is 11.3 Å². The van der Waals surface area contributed by atoms with Gasteiger partial charge < -0.3 is 14.6 Å². The third kappa shape index (κ3) is 2.60. The lowest BCUT2D eigenvalue weighted by molar-refractivity contribution is -0.117. The number of nitrogens with zero attached hydrogens (tertiary/aromatic N) is 3. The number of fused-ring (bicyclic) bond motifs is 1. The zero-order valence-electron chi connectivity index (χ0n) is 15.2. The summed E-state index contributed by atoms with van der Waals surface area (Å²) in [5.41, 5.74) is 1.54. The summed E-state index contributed by atoms with van der Waals surface area (Å²) < 4.78 is 5.21. The Morgan fingerprint density at radius 1 is 1.10 bits per heavy atom. The molecule has 9 heteroatoms. The molecule has 3 heterocycles. The number of aliphatic hydroxyl groups is 1. The Labute approximate surface area is 173 Å². The van der Waals surface area contributed by atoms with Gasteiger partial charge in [-0.25, -0.2) is 0 Å². The summed E-state index contributed by atoms with van der Waals surface area (Å²) in [4.78, 5) is 27.4. The predicted molar refractivity (Wildman–Crippen MR) is 108 cm³/mol. The molecule has 1 amide bonds. The number of benzene rings is 2. The van der Waals surface area contributed by atoms with E-state index in [2.05, 4.69) is 10.2 Å². The van der Waals surface area contributed by atoms with E-state index in [0.29, 0.717) is 10.9 Å². The molecule has 0 aliphatic carbocycles. The zero-order valence-corrected chi connectivity index (χ0v) is 16.0. The Morgan fingerprint density at radius 2 is 1.93 bits per heavy atom. The third-order valence-corrected chi connectivity index (χ3v) is 5.66. The van der Waals surface area contributed by atoms with Crippen LogP contribution in [0.5, 0.6) is 5.75 Å². The van der Waals surface area contributed by atoms with Crippen LogP contribution in [0.2, 0.25) is 0 Å². The lowest BCUT2D eigenvalue weighted by Crippen LogP contribution is -2.31. The van der Waals surface area contributed by atoms with E-state index in [-0.39, 0.29) is 22.2 Å². The van der Waals surface area contributed by atoms with E-state index >= 15 is 0 Å². The molecule has 1 aliphatic rings. The second-order valence-corrected chi connectivity index (χ2v) is 7.40. The Kier molecular flexibility index (Phi) is 4.11. The molecule has 5 rings (SSSR count). The lowest BCUT2D eigenvalue weighted by atomic mass is 9.90. The number of ketones is 1. The Balaban J connectivity index is 1.80. The molecular formula is C21H13N3O5S. The largest absolute Gasteiger partial charge is 0.508 e. The second-order valence-electron chi connectivity index (χ2n) is 6.59. The van der Waals surface area contributed by atoms with Crippen molar-refractivity contribution in [1.82, 2.24) is 10.2 Å². The highest BCUT2D eigenvalue weighted by Crippen LogP contribution is 2.47. The van der Waals surface area contributed by atoms with Gasteiger partial charge >= 0.3 is 0 Å². The molecule has 2 aromatic heterocycles. The molecule has 0 radical (unpaired) electrons. The van der Waals surface area contributed by atoms with E-state index in [9.17, 15) is 19.8 Å². The molecule has 8 nitrogen and oxygen atoms in total. The van der Waals surface area contributed by atoms with E-state index in [4.69, 9.17) is 4.42 Å². The van der Waals surface area contributed by atoms with Crippen molar-refractivity contribution in [3.63, 3.8) is 0 Å². The summed E-state index contributed by atoms with van der Waals surface area (Å²) in [6.07, 6.45) is 1.33. The normalized spacial score (nSPS) is 16.6. The minimum Gasteiger partial charge on any atom is -0.508 e. The number of phenolic OH excluding ortho intramolecular Hbond substituents is 1. The number of furan rings is 1. The van der Waals surface area contributed by atoms with Crippen molar-refractivity contribution in [2.45, 2.75) is 6.04 Å². The van der Waals surface area contributed by atoms with Gasteiger partial charge in [-0.15, -0.1) is 10.2 Å². The SMILES string of the molecule is O=C(C1=C(O)C(=O)N(c2nncs2)C1c1c(O)ccc2ccccc12)c1ccco1. The number of phenols is 1. The molecule has 30 heavy (non-hydrogen) atoms. The van der Waals surface area contributed by atoms with E-state index in [1.165, 1.54) is 34.9 Å². The van der Waals surface area contributed by atoms with Crippen LogP contribution in [0.3, 0.4) is 0 Å². The van der Waals surface area contributed by atoms with E-state index < -0.39 is 23.5 Å². The zero-order chi connectivity index (χ0) is 20.8. The van der Waals surface area contributed by atoms with Crippen molar-refractivity contribution >= 4 is 38.9 Å². The summed E-state index contributed by atoms with van der Waals surface area (Å²) in [6, 6.07) is 12.3. The molecular weight excluding hydrogens is 406 g/mol. The molecule has 0 fully saturated rings. The first-order valence-electron chi connectivity index (χ1n) is 8.89. The molecule has 0 saturated carbocycles. The molecule has 0 bridgehead atoms. The average molecular weight is 419 g/mol. The highest BCUT2D eigenvalue weighted by atomic mass is 32.1. The van der Waals surface area contributed by atoms with Crippen molar-refractivity contribution < 1.29 is 24.2 Å². The van der Waals surface area contributed by atoms with Crippen molar-refractivity contribution in [2.24, 2.45) is 0 Å². The molecule has 2 N–H and O–H groups in total. The first-order valence-corrected chi connectivity index (χ1v) is 9.77. The van der Waals surface area contributed by atoms with Gasteiger partial charge in [-0.3, -0.25) is 14.5 Å². The van der Waals surface area contributed by atoms with Gasteiger partial charge in [0.05, 0.1) is 11.8 Å². The van der Waals surface area contributed by atoms with Crippen molar-refractivity contribution in [3.8, 4) is 5.75 Å². The number of rotatable bonds is 4. The molecule has 1 aliphatic heterocycles. The molecule has 1 atom stereocenters. The highest BCUT2D eigenvalue weighted by Gasteiger charge is 2.47. The molecule has 148 valence electrons. The van der Waals surface area contributed by atoms with Crippen LogP contribution in [0.15, 0.2) is 76.1 Å². The first kappa shape index (κ1) is 18.1. The van der Waals surface area contributed by atoms with Crippen LogP contribution in [0.4, 0.5) is 5.13 Å². The summed E-state index contributed by atoms with van der Waals surface area (Å²) in [5, 5.41) is 30.8. The lowest BCUT2D eigenvalue weighted by Gasteiger charge is -2.25. The van der Waals surface area contributed by atoms with Gasteiger partial charge in [-0.2, -0.15) is 0 Å². The molecule has 2 aromatic carbocycles. The third-order valence-electron chi connectivity index (χ3n) is 4.97. The number of carbonyl (C=O) groups is 2. The number of aromatic nitrogens is 2. The number of hydrogen-bond acceptors (Lipinski definition) is 8. The number of amides is 1. The van der Waals surface area contributed by atoms with Gasteiger partial charge in [0.1, 0.15) is 17.3 Å². The molecule has 1 unspecified atom stereocenters. The maximum absolute atomic E-state index is 13.2. The van der Waals surface area contributed by atoms with Gasteiger partial charge in [0, 0.05) is 5.56 Å². The number of Topliss-reactive ketones (excluding diaryl/α,β-unsaturated/α-hetero) is 1. The predicted octanol–water partition coefficient (Wildman–Crippen LogP) is 3.77. The fourth-order valence-corrected chi connectivity index (χ4v) is 4.28. The van der Waals surface area contributed by atoms with Crippen LogP contribution in [-0.4, -0.2) is 32.1 Å². The quantitative estimate of drug-likeness (QED) is 0.484. The summed E-state index contributed by atoms with van der Waals surface area (Å²) in [6.45, 7) is 0. The van der Waals surface area contributed by atoms with Crippen molar-refractivity contribution in [2.75, 3.05) is 4.90 Å². The van der Waals surface area contributed by atoms with Crippen molar-refractivity contribution in [3.05, 3.63) is 83.0 Å². The second kappa shape index (κ2) is 6.82. The molecule has 4 aromatic rings. The Bertz CT molecular complexity index is 1310. The fraction of sp³-hybridized carbons (Fsp3) is 0.0476. The fourth-order valence-electron chi connectivity index (χ4n) is 3.69. The van der Waals surface area contributed by atoms with Crippen LogP contribution in [-0.2, 0) is 4.79 Å². The summed E-state index contributed by atoms with van der Waals surface area (Å²) >= 11 is 1.08. The minimum absolute atomic E-state index is 0.0341. The van der Waals surface area contributed by atoms with Gasteiger partial charge in [0.2, 0.25) is 10.9 Å². The smallest absolute Gasteiger partial charge is 0.296 e. The number of carbonyl (C=O) groups excluding carboxylic acids is 2. The monoisotopic (exact) mass is 419 g/mol. The van der Waals surface area contributed by atoms with E-state index in [0.717, 1.165) is 16.7 Å². The van der Waals surface area contributed by atoms with Crippen LogP contribution in [0.1, 0.15) is 22.2 Å². The molecule has 0 saturated heterocycles. The minimum atomic E-state index is -1.12. The maximum Gasteiger partial charge on any atom is 0.296 e. The van der Waals surface area contributed by atoms with Crippen molar-refractivity contribution in [1.29, 1.82) is 0 Å². The molecule has 0 spiro atoms. The van der Waals surface area contributed by atoms with Crippen LogP contribution in [0.25, 0.3) is 10.8 Å². The van der Waals surface area contributed by atoms with Crippen LogP contribution in [0, 0.1) is 0 Å². The van der Waals surface area contributed by atoms with Gasteiger partial charge in [0.15, 0.2) is 11.5 Å². The Hall–Kier alpha value is -3.98. The summed E-state index contributed by atoms with van der Waals surface area (Å²) in [5.74, 6) is -2.34.